The van der Waals surface area contributed by atoms with E-state index in [4.69, 9.17) is 10.5 Å². The number of ether oxygens (including phenoxy) is 1. The topological polar surface area (TPSA) is 64.4 Å². The van der Waals surface area contributed by atoms with E-state index in [2.05, 4.69) is 33.0 Å². The van der Waals surface area contributed by atoms with Crippen molar-refractivity contribution in [1.82, 2.24) is 5.32 Å². The molecule has 4 nitrogen and oxygen atoms in total. The van der Waals surface area contributed by atoms with Crippen LogP contribution < -0.4 is 11.1 Å². The number of rotatable bonds is 2. The zero-order valence-electron chi connectivity index (χ0n) is 14.9. The Hall–Kier alpha value is -0.320. The molecule has 3 aliphatic rings. The van der Waals surface area contributed by atoms with E-state index in [0.717, 1.165) is 32.3 Å². The molecule has 0 aromatic rings. The van der Waals surface area contributed by atoms with Crippen LogP contribution in [0.3, 0.4) is 0 Å². The fraction of sp³-hybridized carbons (Fsp3) is 0.944. The first-order chi connectivity index (χ1) is 10.3. The molecule has 3 N–H and O–H groups in total. The number of halogens is 1. The van der Waals surface area contributed by atoms with Crippen molar-refractivity contribution >= 4 is 18.3 Å². The summed E-state index contributed by atoms with van der Waals surface area (Å²) >= 11 is 0. The van der Waals surface area contributed by atoms with Gasteiger partial charge in [-0.3, -0.25) is 4.79 Å². The fourth-order valence-electron chi connectivity index (χ4n) is 5.41. The van der Waals surface area contributed by atoms with E-state index in [1.165, 1.54) is 6.42 Å². The Kier molecular flexibility index (Phi) is 5.40. The molecular weight excluding hydrogens is 312 g/mol. The van der Waals surface area contributed by atoms with Gasteiger partial charge in [0, 0.05) is 24.0 Å². The van der Waals surface area contributed by atoms with E-state index in [-0.39, 0.29) is 41.8 Å². The molecule has 0 spiro atoms. The van der Waals surface area contributed by atoms with Gasteiger partial charge in [0.15, 0.2) is 0 Å². The van der Waals surface area contributed by atoms with Gasteiger partial charge in [0.25, 0.3) is 0 Å². The predicted molar refractivity (Wildman–Crippen MR) is 94.5 cm³/mol. The van der Waals surface area contributed by atoms with Crippen LogP contribution in [0.25, 0.3) is 0 Å². The van der Waals surface area contributed by atoms with Crippen LogP contribution in [-0.2, 0) is 9.53 Å². The van der Waals surface area contributed by atoms with Gasteiger partial charge < -0.3 is 15.8 Å². The number of amides is 1. The molecule has 1 aliphatic heterocycles. The smallest absolute Gasteiger partial charge is 0.241 e. The van der Waals surface area contributed by atoms with Gasteiger partial charge in [0.2, 0.25) is 5.91 Å². The minimum absolute atomic E-state index is 0. The molecule has 3 fully saturated rings. The summed E-state index contributed by atoms with van der Waals surface area (Å²) in [4.78, 5) is 13.0. The zero-order valence-corrected chi connectivity index (χ0v) is 15.7. The number of fused-ring (bicyclic) bond motifs is 1. The molecule has 1 amide bonds. The third-order valence-electron chi connectivity index (χ3n) is 6.57. The molecule has 0 bridgehead atoms. The van der Waals surface area contributed by atoms with Gasteiger partial charge >= 0.3 is 0 Å². The second kappa shape index (κ2) is 6.53. The van der Waals surface area contributed by atoms with E-state index >= 15 is 0 Å². The van der Waals surface area contributed by atoms with E-state index in [1.807, 2.05) is 0 Å². The van der Waals surface area contributed by atoms with Crippen LogP contribution in [0.15, 0.2) is 0 Å². The maximum atomic E-state index is 13.0. The van der Waals surface area contributed by atoms with Gasteiger partial charge in [-0.1, -0.05) is 27.7 Å². The molecule has 5 unspecified atom stereocenters. The quantitative estimate of drug-likeness (QED) is 0.809. The zero-order chi connectivity index (χ0) is 16.1. The molecule has 5 heteroatoms. The third kappa shape index (κ3) is 2.91. The van der Waals surface area contributed by atoms with Gasteiger partial charge in [-0.2, -0.15) is 0 Å². The van der Waals surface area contributed by atoms with Crippen LogP contribution in [-0.4, -0.2) is 30.2 Å². The van der Waals surface area contributed by atoms with Crippen LogP contribution in [0.2, 0.25) is 0 Å². The van der Waals surface area contributed by atoms with Crippen LogP contribution >= 0.6 is 12.4 Å². The normalized spacial score (nSPS) is 45.2. The molecule has 3 rings (SSSR count). The summed E-state index contributed by atoms with van der Waals surface area (Å²) in [5.74, 6) is 1.59. The number of hydrogen-bond acceptors (Lipinski definition) is 3. The molecule has 1 saturated heterocycles. The molecule has 0 aromatic heterocycles. The average Bonchev–Trinajstić information content (AvgIpc) is 2.45. The Morgan fingerprint density at radius 3 is 2.39 bits per heavy atom. The van der Waals surface area contributed by atoms with Crippen molar-refractivity contribution in [3.63, 3.8) is 0 Å². The number of carbonyl (C=O) groups excluding carboxylic acids is 1. The number of hydrogen-bond donors (Lipinski definition) is 2. The summed E-state index contributed by atoms with van der Waals surface area (Å²) in [6.07, 6.45) is 5.59. The van der Waals surface area contributed by atoms with E-state index in [9.17, 15) is 4.79 Å². The molecule has 2 aliphatic carbocycles. The van der Waals surface area contributed by atoms with Crippen molar-refractivity contribution in [2.45, 2.75) is 77.5 Å². The summed E-state index contributed by atoms with van der Waals surface area (Å²) in [6, 6.07) is 0.283. The van der Waals surface area contributed by atoms with Crippen LogP contribution in [0.1, 0.15) is 59.8 Å². The lowest BCUT2D eigenvalue weighted by Gasteiger charge is -2.65. The standard InChI is InChI=1S/C18H32N2O2.ClH/c1-11-8-12(2)10-13(9-11)20-16(21)18(19)14-6-5-7-22-15(14)17(18,3)4;/h11-15H,5-10,19H2,1-4H3,(H,20,21);1H. The minimum Gasteiger partial charge on any atom is -0.377 e. The number of carbonyl (C=O) groups is 1. The summed E-state index contributed by atoms with van der Waals surface area (Å²) in [5.41, 5.74) is 5.61. The first kappa shape index (κ1) is 19.0. The Morgan fingerprint density at radius 2 is 1.78 bits per heavy atom. The Labute approximate surface area is 146 Å². The maximum absolute atomic E-state index is 13.0. The molecule has 5 atom stereocenters. The van der Waals surface area contributed by atoms with Crippen molar-refractivity contribution in [2.75, 3.05) is 6.61 Å². The monoisotopic (exact) mass is 344 g/mol. The highest BCUT2D eigenvalue weighted by Crippen LogP contribution is 2.57. The van der Waals surface area contributed by atoms with E-state index in [1.54, 1.807) is 0 Å². The van der Waals surface area contributed by atoms with Gasteiger partial charge in [-0.05, 0) is 43.9 Å². The SMILES string of the molecule is CC1CC(C)CC(NC(=O)C2(N)C3CCCOC3C2(C)C)C1.Cl. The molecule has 0 radical (unpaired) electrons. The highest BCUT2D eigenvalue weighted by Gasteiger charge is 2.70. The summed E-state index contributed by atoms with van der Waals surface area (Å²) < 4.78 is 5.90. The first-order valence-corrected chi connectivity index (χ1v) is 8.98. The summed E-state index contributed by atoms with van der Waals surface area (Å²) in [5, 5.41) is 3.29. The van der Waals surface area contributed by atoms with Gasteiger partial charge in [0.05, 0.1) is 6.10 Å². The lowest BCUT2D eigenvalue weighted by Crippen LogP contribution is -2.82. The molecule has 23 heavy (non-hydrogen) atoms. The minimum atomic E-state index is -0.776. The second-order valence-electron chi connectivity index (χ2n) is 8.72. The average molecular weight is 345 g/mol. The van der Waals surface area contributed by atoms with Crippen molar-refractivity contribution in [3.05, 3.63) is 0 Å². The largest absolute Gasteiger partial charge is 0.377 e. The lowest BCUT2D eigenvalue weighted by molar-refractivity contribution is -0.225. The van der Waals surface area contributed by atoms with Crippen LogP contribution in [0.5, 0.6) is 0 Å². The van der Waals surface area contributed by atoms with Gasteiger partial charge in [0.1, 0.15) is 5.54 Å². The van der Waals surface area contributed by atoms with Crippen molar-refractivity contribution in [3.8, 4) is 0 Å². The third-order valence-corrected chi connectivity index (χ3v) is 6.57. The van der Waals surface area contributed by atoms with Gasteiger partial charge in [-0.25, -0.2) is 0 Å². The Balaban J connectivity index is 0.00000192. The Morgan fingerprint density at radius 1 is 1.17 bits per heavy atom. The highest BCUT2D eigenvalue weighted by molar-refractivity contribution is 5.89. The van der Waals surface area contributed by atoms with E-state index in [0.29, 0.717) is 11.8 Å². The van der Waals surface area contributed by atoms with Gasteiger partial charge in [-0.15, -0.1) is 12.4 Å². The van der Waals surface area contributed by atoms with Crippen molar-refractivity contribution in [1.29, 1.82) is 0 Å². The maximum Gasteiger partial charge on any atom is 0.241 e. The van der Waals surface area contributed by atoms with Crippen molar-refractivity contribution < 1.29 is 9.53 Å². The molecule has 134 valence electrons. The lowest BCUT2D eigenvalue weighted by atomic mass is 9.46. The number of nitrogens with two attached hydrogens (primary N) is 1. The fourth-order valence-corrected chi connectivity index (χ4v) is 5.41. The van der Waals surface area contributed by atoms with Crippen LogP contribution in [0.4, 0.5) is 0 Å². The predicted octanol–water partition coefficient (Wildman–Crippen LogP) is 2.88. The van der Waals surface area contributed by atoms with Crippen molar-refractivity contribution in [2.24, 2.45) is 28.9 Å². The Bertz CT molecular complexity index is 446. The molecule has 0 aromatic carbocycles. The molecule has 2 saturated carbocycles. The molecule has 1 heterocycles. The first-order valence-electron chi connectivity index (χ1n) is 8.98. The second-order valence-corrected chi connectivity index (χ2v) is 8.72. The summed E-state index contributed by atoms with van der Waals surface area (Å²) in [6.45, 7) is 9.55. The number of nitrogens with one attached hydrogen (secondary N) is 1. The summed E-state index contributed by atoms with van der Waals surface area (Å²) in [7, 11) is 0. The van der Waals surface area contributed by atoms with Crippen LogP contribution in [0, 0.1) is 23.2 Å². The van der Waals surface area contributed by atoms with E-state index < -0.39 is 5.54 Å². The highest BCUT2D eigenvalue weighted by atomic mass is 35.5. The molecular formula is C18H33ClN2O2.